The Bertz CT molecular complexity index is 205. The first kappa shape index (κ1) is 14.0. The lowest BCUT2D eigenvalue weighted by Gasteiger charge is -2.29. The fraction of sp³-hybridized carbons (Fsp3) is 1.00. The molecule has 0 bridgehead atoms. The predicted octanol–water partition coefficient (Wildman–Crippen LogP) is 2.73. The third kappa shape index (κ3) is 4.06. The molecule has 2 N–H and O–H groups in total. The van der Waals surface area contributed by atoms with Gasteiger partial charge in [-0.2, -0.15) is 0 Å². The predicted molar refractivity (Wildman–Crippen MR) is 71.4 cm³/mol. The van der Waals surface area contributed by atoms with Gasteiger partial charge in [0.05, 0.1) is 0 Å². The zero-order chi connectivity index (χ0) is 12.3. The average Bonchev–Trinajstić information content (AvgIpc) is 2.60. The largest absolute Gasteiger partial charge is 0.327 e. The molecule has 1 fully saturated rings. The van der Waals surface area contributed by atoms with Gasteiger partial charge in [0, 0.05) is 12.6 Å². The van der Waals surface area contributed by atoms with E-state index in [9.17, 15) is 0 Å². The molecule has 1 aliphatic heterocycles. The third-order valence-electron chi connectivity index (χ3n) is 4.12. The molecule has 0 radical (unpaired) electrons. The molecule has 0 aromatic heterocycles. The van der Waals surface area contributed by atoms with Crippen molar-refractivity contribution in [3.05, 3.63) is 0 Å². The van der Waals surface area contributed by atoms with Gasteiger partial charge < -0.3 is 10.6 Å². The molecule has 2 atom stereocenters. The Morgan fingerprint density at radius 1 is 1.31 bits per heavy atom. The Balaban J connectivity index is 2.25. The zero-order valence-corrected chi connectivity index (χ0v) is 11.8. The maximum atomic E-state index is 6.20. The van der Waals surface area contributed by atoms with Crippen molar-refractivity contribution in [3.63, 3.8) is 0 Å². The third-order valence-corrected chi connectivity index (χ3v) is 4.12. The van der Waals surface area contributed by atoms with Crippen molar-refractivity contribution in [1.82, 2.24) is 4.90 Å². The fourth-order valence-corrected chi connectivity index (χ4v) is 2.36. The smallest absolute Gasteiger partial charge is 0.00998 e. The molecule has 0 aliphatic carbocycles. The highest BCUT2D eigenvalue weighted by atomic mass is 15.1. The van der Waals surface area contributed by atoms with Gasteiger partial charge in [0.1, 0.15) is 0 Å². The lowest BCUT2D eigenvalue weighted by molar-refractivity contribution is 0.246. The van der Waals surface area contributed by atoms with Gasteiger partial charge in [-0.3, -0.25) is 0 Å². The second kappa shape index (κ2) is 5.50. The molecule has 0 aromatic rings. The van der Waals surface area contributed by atoms with E-state index in [4.69, 9.17) is 5.73 Å². The molecule has 16 heavy (non-hydrogen) atoms. The maximum absolute atomic E-state index is 6.20. The zero-order valence-electron chi connectivity index (χ0n) is 11.8. The van der Waals surface area contributed by atoms with E-state index < -0.39 is 0 Å². The van der Waals surface area contributed by atoms with Crippen molar-refractivity contribution in [2.75, 3.05) is 19.6 Å². The number of hydrogen-bond acceptors (Lipinski definition) is 2. The number of nitrogens with zero attached hydrogens (tertiary/aromatic N) is 1. The Labute approximate surface area is 102 Å². The van der Waals surface area contributed by atoms with E-state index in [0.29, 0.717) is 6.04 Å². The van der Waals surface area contributed by atoms with E-state index in [0.717, 1.165) is 18.3 Å². The van der Waals surface area contributed by atoms with Gasteiger partial charge in [0.15, 0.2) is 0 Å². The highest BCUT2D eigenvalue weighted by molar-refractivity contribution is 4.81. The highest BCUT2D eigenvalue weighted by Crippen LogP contribution is 2.25. The van der Waals surface area contributed by atoms with Gasteiger partial charge >= 0.3 is 0 Å². The van der Waals surface area contributed by atoms with Crippen LogP contribution >= 0.6 is 0 Å². The van der Waals surface area contributed by atoms with E-state index in [-0.39, 0.29) is 5.41 Å². The van der Waals surface area contributed by atoms with Crippen molar-refractivity contribution < 1.29 is 0 Å². The van der Waals surface area contributed by atoms with Crippen LogP contribution in [-0.4, -0.2) is 30.6 Å². The minimum atomic E-state index is 0.247. The van der Waals surface area contributed by atoms with Crippen LogP contribution in [0.2, 0.25) is 0 Å². The van der Waals surface area contributed by atoms with Gasteiger partial charge in [-0.15, -0.1) is 0 Å². The first-order valence-electron chi connectivity index (χ1n) is 6.78. The molecule has 2 heteroatoms. The van der Waals surface area contributed by atoms with E-state index in [1.807, 2.05) is 0 Å². The normalized spacial score (nSPS) is 25.3. The second-order valence-electron chi connectivity index (χ2n) is 6.85. The van der Waals surface area contributed by atoms with Crippen LogP contribution in [0.5, 0.6) is 0 Å². The van der Waals surface area contributed by atoms with E-state index in [1.165, 1.54) is 26.1 Å². The molecule has 0 amide bonds. The van der Waals surface area contributed by atoms with E-state index in [2.05, 4.69) is 39.5 Å². The number of nitrogens with two attached hydrogens (primary N) is 1. The van der Waals surface area contributed by atoms with Crippen molar-refractivity contribution in [2.45, 2.75) is 53.5 Å². The van der Waals surface area contributed by atoms with Gasteiger partial charge in [-0.05, 0) is 43.2 Å². The van der Waals surface area contributed by atoms with E-state index >= 15 is 0 Å². The summed E-state index contributed by atoms with van der Waals surface area (Å²) in [5.74, 6) is 1.74. The molecule has 1 aliphatic rings. The van der Waals surface area contributed by atoms with Crippen LogP contribution in [0.1, 0.15) is 47.5 Å². The molecule has 1 saturated heterocycles. The van der Waals surface area contributed by atoms with Crippen LogP contribution < -0.4 is 5.73 Å². The summed E-state index contributed by atoms with van der Waals surface area (Å²) in [5.41, 5.74) is 6.44. The quantitative estimate of drug-likeness (QED) is 0.798. The fourth-order valence-electron chi connectivity index (χ4n) is 2.36. The molecular formula is C14H30N2. The summed E-state index contributed by atoms with van der Waals surface area (Å²) in [6.07, 6.45) is 2.51. The Morgan fingerprint density at radius 3 is 2.38 bits per heavy atom. The first-order chi connectivity index (χ1) is 7.30. The molecule has 0 spiro atoms. The molecular weight excluding hydrogens is 196 g/mol. The van der Waals surface area contributed by atoms with Gasteiger partial charge in [0.25, 0.3) is 0 Å². The number of hydrogen-bond donors (Lipinski definition) is 1. The SMILES string of the molecule is CC(C)C1CCN(CCC(N)C(C)(C)C)C1. The monoisotopic (exact) mass is 226 g/mol. The lowest BCUT2D eigenvalue weighted by Crippen LogP contribution is -2.38. The molecule has 0 saturated carbocycles. The Kier molecular flexibility index (Phi) is 4.81. The van der Waals surface area contributed by atoms with Crippen LogP contribution in [0.25, 0.3) is 0 Å². The highest BCUT2D eigenvalue weighted by Gasteiger charge is 2.26. The van der Waals surface area contributed by atoms with Crippen LogP contribution in [0.15, 0.2) is 0 Å². The maximum Gasteiger partial charge on any atom is 0.00998 e. The van der Waals surface area contributed by atoms with Gasteiger partial charge in [-0.25, -0.2) is 0 Å². The minimum absolute atomic E-state index is 0.247. The molecule has 0 aromatic carbocycles. The van der Waals surface area contributed by atoms with Crippen molar-refractivity contribution in [2.24, 2.45) is 23.0 Å². The lowest BCUT2D eigenvalue weighted by atomic mass is 9.85. The molecule has 1 rings (SSSR count). The first-order valence-corrected chi connectivity index (χ1v) is 6.78. The summed E-state index contributed by atoms with van der Waals surface area (Å²) >= 11 is 0. The summed E-state index contributed by atoms with van der Waals surface area (Å²) < 4.78 is 0. The number of rotatable bonds is 4. The van der Waals surface area contributed by atoms with Gasteiger partial charge in [-0.1, -0.05) is 34.6 Å². The summed E-state index contributed by atoms with van der Waals surface area (Å²) in [5, 5.41) is 0. The summed E-state index contributed by atoms with van der Waals surface area (Å²) in [7, 11) is 0. The standard InChI is InChI=1S/C14H30N2/c1-11(2)12-6-8-16(10-12)9-7-13(15)14(3,4)5/h11-13H,6-10,15H2,1-5H3. The summed E-state index contributed by atoms with van der Waals surface area (Å²) in [4.78, 5) is 2.59. The van der Waals surface area contributed by atoms with Crippen LogP contribution in [0.3, 0.4) is 0 Å². The number of likely N-dealkylation sites (tertiary alicyclic amines) is 1. The van der Waals surface area contributed by atoms with Crippen LogP contribution in [0.4, 0.5) is 0 Å². The van der Waals surface area contributed by atoms with E-state index in [1.54, 1.807) is 0 Å². The van der Waals surface area contributed by atoms with Crippen LogP contribution in [0, 0.1) is 17.3 Å². The Hall–Kier alpha value is -0.0800. The van der Waals surface area contributed by atoms with Gasteiger partial charge in [0.2, 0.25) is 0 Å². The van der Waals surface area contributed by atoms with Crippen molar-refractivity contribution in [3.8, 4) is 0 Å². The van der Waals surface area contributed by atoms with Crippen molar-refractivity contribution >= 4 is 0 Å². The molecule has 2 unspecified atom stereocenters. The van der Waals surface area contributed by atoms with Crippen LogP contribution in [-0.2, 0) is 0 Å². The molecule has 96 valence electrons. The molecule has 1 heterocycles. The second-order valence-corrected chi connectivity index (χ2v) is 6.85. The molecule has 2 nitrogen and oxygen atoms in total. The summed E-state index contributed by atoms with van der Waals surface area (Å²) in [6, 6.07) is 0.325. The Morgan fingerprint density at radius 2 is 1.94 bits per heavy atom. The summed E-state index contributed by atoms with van der Waals surface area (Å²) in [6.45, 7) is 15.1. The van der Waals surface area contributed by atoms with Crippen molar-refractivity contribution in [1.29, 1.82) is 0 Å². The topological polar surface area (TPSA) is 29.3 Å². The average molecular weight is 226 g/mol. The minimum Gasteiger partial charge on any atom is -0.327 e.